The quantitative estimate of drug-likeness (QED) is 0.485. The van der Waals surface area contributed by atoms with Gasteiger partial charge in [0, 0.05) is 18.8 Å². The fourth-order valence-corrected chi connectivity index (χ4v) is 5.91. The Hall–Kier alpha value is -3.40. The fourth-order valence-electron chi connectivity index (χ4n) is 5.10. The first-order valence-corrected chi connectivity index (χ1v) is 11.8. The molecule has 33 heavy (non-hydrogen) atoms. The Balaban J connectivity index is 1.31. The smallest absolute Gasteiger partial charge is 0.256 e. The van der Waals surface area contributed by atoms with Crippen LogP contribution in [0.2, 0.25) is 0 Å². The largest absolute Gasteiger partial charge is 0.359 e. The number of fused-ring (bicyclic) bond motifs is 3. The number of hydrogen-bond acceptors (Lipinski definition) is 7. The van der Waals surface area contributed by atoms with E-state index in [9.17, 15) is 9.18 Å². The number of hydrogen-bond donors (Lipinski definition) is 1. The number of nitrogens with one attached hydrogen (secondary N) is 1. The lowest BCUT2D eigenvalue weighted by atomic mass is 9.64. The maximum Gasteiger partial charge on any atom is 0.256 e. The number of carbonyl (C=O) groups is 1. The van der Waals surface area contributed by atoms with Crippen LogP contribution in [0.3, 0.4) is 0 Å². The number of carbonyl (C=O) groups excluding carboxylic acids is 1. The van der Waals surface area contributed by atoms with Crippen molar-refractivity contribution in [1.82, 2.24) is 29.9 Å². The molecule has 1 aromatic carbocycles. The van der Waals surface area contributed by atoms with Gasteiger partial charge in [0.05, 0.1) is 29.7 Å². The first-order chi connectivity index (χ1) is 16.1. The third-order valence-corrected chi connectivity index (χ3v) is 7.87. The molecule has 3 aromatic heterocycles. The molecule has 1 saturated carbocycles. The van der Waals surface area contributed by atoms with Crippen molar-refractivity contribution in [2.75, 3.05) is 11.9 Å². The Labute approximate surface area is 193 Å². The van der Waals surface area contributed by atoms with E-state index in [0.29, 0.717) is 24.1 Å². The second-order valence-corrected chi connectivity index (χ2v) is 9.71. The summed E-state index contributed by atoms with van der Waals surface area (Å²) in [5.74, 6) is 0.276. The second kappa shape index (κ2) is 7.87. The molecule has 8 nitrogen and oxygen atoms in total. The van der Waals surface area contributed by atoms with Crippen LogP contribution in [-0.4, -0.2) is 54.4 Å². The highest BCUT2D eigenvalue weighted by molar-refractivity contribution is 7.21. The molecule has 10 heteroatoms. The van der Waals surface area contributed by atoms with Gasteiger partial charge in [-0.3, -0.25) is 4.79 Å². The van der Waals surface area contributed by atoms with Gasteiger partial charge in [0.1, 0.15) is 16.2 Å². The zero-order valence-corrected chi connectivity index (χ0v) is 18.7. The number of amides is 1. The molecule has 2 bridgehead atoms. The summed E-state index contributed by atoms with van der Waals surface area (Å²) in [6, 6.07) is 8.11. The monoisotopic (exact) mass is 463 g/mol. The average Bonchev–Trinajstić information content (AvgIpc) is 3.46. The van der Waals surface area contributed by atoms with Gasteiger partial charge in [-0.2, -0.15) is 15.0 Å². The molecular formula is C23H22FN7OS. The van der Waals surface area contributed by atoms with Crippen LogP contribution in [0.4, 0.5) is 9.52 Å². The highest BCUT2D eigenvalue weighted by Gasteiger charge is 2.50. The first kappa shape index (κ1) is 20.2. The molecule has 1 amide bonds. The van der Waals surface area contributed by atoms with E-state index in [1.165, 1.54) is 40.7 Å². The third kappa shape index (κ3) is 3.45. The molecule has 3 aliphatic rings. The minimum Gasteiger partial charge on any atom is -0.359 e. The van der Waals surface area contributed by atoms with E-state index in [-0.39, 0.29) is 23.6 Å². The van der Waals surface area contributed by atoms with Crippen LogP contribution in [0, 0.1) is 17.7 Å². The number of aromatic nitrogens is 5. The number of rotatable bonds is 5. The molecule has 0 unspecified atom stereocenters. The molecule has 2 aliphatic heterocycles. The highest BCUT2D eigenvalue weighted by atomic mass is 32.1. The molecule has 4 aromatic rings. The van der Waals surface area contributed by atoms with Gasteiger partial charge in [0.15, 0.2) is 5.13 Å². The summed E-state index contributed by atoms with van der Waals surface area (Å²) < 4.78 is 14.2. The first-order valence-electron chi connectivity index (χ1n) is 11.0. The number of thiazole rings is 1. The van der Waals surface area contributed by atoms with Crippen molar-refractivity contribution < 1.29 is 9.18 Å². The minimum atomic E-state index is -0.456. The van der Waals surface area contributed by atoms with Gasteiger partial charge in [0.25, 0.3) is 5.91 Å². The molecule has 7 rings (SSSR count). The Bertz CT molecular complexity index is 1280. The van der Waals surface area contributed by atoms with Gasteiger partial charge >= 0.3 is 0 Å². The SMILES string of the molecule is C[C@@H]1C2CC(C2)N(C(=O)c2cc(F)ccc2-n2nccn2)[C@@H]1CNc1nc2cccnc2s1. The average molecular weight is 464 g/mol. The topological polar surface area (TPSA) is 88.8 Å². The molecule has 2 atom stereocenters. The molecule has 1 aliphatic carbocycles. The van der Waals surface area contributed by atoms with Crippen LogP contribution in [0.1, 0.15) is 30.1 Å². The molecule has 0 radical (unpaired) electrons. The summed E-state index contributed by atoms with van der Waals surface area (Å²) in [5.41, 5.74) is 1.61. The van der Waals surface area contributed by atoms with Crippen molar-refractivity contribution in [2.24, 2.45) is 11.8 Å². The maximum absolute atomic E-state index is 14.2. The number of pyridine rings is 1. The minimum absolute atomic E-state index is 0.0309. The van der Waals surface area contributed by atoms with Gasteiger partial charge < -0.3 is 10.2 Å². The van der Waals surface area contributed by atoms with Crippen LogP contribution < -0.4 is 5.32 Å². The van der Waals surface area contributed by atoms with Crippen molar-refractivity contribution in [1.29, 1.82) is 0 Å². The van der Waals surface area contributed by atoms with Crippen LogP contribution in [0.25, 0.3) is 16.0 Å². The van der Waals surface area contributed by atoms with Crippen molar-refractivity contribution in [3.8, 4) is 5.69 Å². The van der Waals surface area contributed by atoms with Gasteiger partial charge in [0.2, 0.25) is 0 Å². The molecule has 168 valence electrons. The summed E-state index contributed by atoms with van der Waals surface area (Å²) >= 11 is 1.50. The molecule has 0 spiro atoms. The lowest BCUT2D eigenvalue weighted by Crippen LogP contribution is -2.64. The number of nitrogens with zero attached hydrogens (tertiary/aromatic N) is 6. The third-order valence-electron chi connectivity index (χ3n) is 6.94. The van der Waals surface area contributed by atoms with Gasteiger partial charge in [-0.15, -0.1) is 0 Å². The Morgan fingerprint density at radius 3 is 2.82 bits per heavy atom. The van der Waals surface area contributed by atoms with Gasteiger partial charge in [-0.05, 0) is 55.0 Å². The zero-order valence-electron chi connectivity index (χ0n) is 17.9. The summed E-state index contributed by atoms with van der Waals surface area (Å²) in [7, 11) is 0. The summed E-state index contributed by atoms with van der Waals surface area (Å²) in [6.07, 6.45) is 6.80. The van der Waals surface area contributed by atoms with E-state index < -0.39 is 5.82 Å². The van der Waals surface area contributed by atoms with E-state index in [1.807, 2.05) is 17.0 Å². The summed E-state index contributed by atoms with van der Waals surface area (Å²) in [5, 5.41) is 12.5. The van der Waals surface area contributed by atoms with Crippen LogP contribution >= 0.6 is 11.3 Å². The van der Waals surface area contributed by atoms with Crippen molar-refractivity contribution in [2.45, 2.75) is 31.8 Å². The highest BCUT2D eigenvalue weighted by Crippen LogP contribution is 2.47. The van der Waals surface area contributed by atoms with E-state index in [2.05, 4.69) is 32.4 Å². The molecule has 2 saturated heterocycles. The van der Waals surface area contributed by atoms with Crippen molar-refractivity contribution >= 4 is 32.7 Å². The fraction of sp³-hybridized carbons (Fsp3) is 0.348. The Kier molecular flexibility index (Phi) is 4.83. The number of anilines is 1. The number of piperidine rings is 2. The van der Waals surface area contributed by atoms with Crippen LogP contribution in [-0.2, 0) is 0 Å². The van der Waals surface area contributed by atoms with Crippen LogP contribution in [0.5, 0.6) is 0 Å². The summed E-state index contributed by atoms with van der Waals surface area (Å²) in [6.45, 7) is 2.78. The number of halogens is 1. The molecular weight excluding hydrogens is 441 g/mol. The van der Waals surface area contributed by atoms with Gasteiger partial charge in [-0.1, -0.05) is 18.3 Å². The molecule has 1 N–H and O–H groups in total. The summed E-state index contributed by atoms with van der Waals surface area (Å²) in [4.78, 5) is 27.0. The van der Waals surface area contributed by atoms with E-state index >= 15 is 0 Å². The van der Waals surface area contributed by atoms with Gasteiger partial charge in [-0.25, -0.2) is 14.4 Å². The number of benzene rings is 1. The van der Waals surface area contributed by atoms with Crippen LogP contribution in [0.15, 0.2) is 48.9 Å². The Morgan fingerprint density at radius 1 is 1.21 bits per heavy atom. The Morgan fingerprint density at radius 2 is 2.03 bits per heavy atom. The second-order valence-electron chi connectivity index (χ2n) is 8.73. The standard InChI is InChI=1S/C23H22FN7OS/c1-13-14-9-16(10-14)30(20(13)12-26-23-29-18-3-2-6-25-21(18)33-23)22(32)17-11-15(24)4-5-19(17)31-27-7-8-28-31/h2-8,11,13-14,16,20H,9-10,12H2,1H3,(H,26,29)/t13-,14?,16?,20-/m1/s1. The lowest BCUT2D eigenvalue weighted by Gasteiger charge is -2.57. The normalized spacial score (nSPS) is 24.0. The lowest BCUT2D eigenvalue weighted by molar-refractivity contribution is -0.0502. The van der Waals surface area contributed by atoms with Crippen molar-refractivity contribution in [3.63, 3.8) is 0 Å². The maximum atomic E-state index is 14.2. The predicted octanol–water partition coefficient (Wildman–Crippen LogP) is 3.76. The van der Waals surface area contributed by atoms with E-state index in [4.69, 9.17) is 0 Å². The van der Waals surface area contributed by atoms with Crippen molar-refractivity contribution in [3.05, 3.63) is 60.3 Å². The molecule has 3 fully saturated rings. The van der Waals surface area contributed by atoms with E-state index in [0.717, 1.165) is 28.3 Å². The van der Waals surface area contributed by atoms with E-state index in [1.54, 1.807) is 12.3 Å². The molecule has 5 heterocycles. The predicted molar refractivity (Wildman–Crippen MR) is 123 cm³/mol. The zero-order chi connectivity index (χ0) is 22.5.